The molecule has 35 heavy (non-hydrogen) atoms. The lowest BCUT2D eigenvalue weighted by Gasteiger charge is -2.37. The number of ether oxygens (including phenoxy) is 1. The summed E-state index contributed by atoms with van der Waals surface area (Å²) >= 11 is 0. The van der Waals surface area contributed by atoms with Gasteiger partial charge in [-0.25, -0.2) is 13.8 Å². The summed E-state index contributed by atoms with van der Waals surface area (Å²) in [5.74, 6) is 2.46. The van der Waals surface area contributed by atoms with Gasteiger partial charge in [-0.1, -0.05) is 17.9 Å². The Kier molecular flexibility index (Phi) is 4.12. The topological polar surface area (TPSA) is 50.6 Å². The predicted octanol–water partition coefficient (Wildman–Crippen LogP) is 4.06. The van der Waals surface area contributed by atoms with Gasteiger partial charge < -0.3 is 14.2 Å². The summed E-state index contributed by atoms with van der Waals surface area (Å²) in [4.78, 5) is 20.4. The summed E-state index contributed by atoms with van der Waals surface area (Å²) in [5.41, 5.74) is 1.81. The number of aromatic nitrogens is 2. The summed E-state index contributed by atoms with van der Waals surface area (Å²) in [7, 11) is 0. The molecule has 180 valence electrons. The molecule has 2 bridgehead atoms. The van der Waals surface area contributed by atoms with Crippen LogP contribution in [0, 0.1) is 11.8 Å². The van der Waals surface area contributed by atoms with Crippen molar-refractivity contribution in [3.63, 3.8) is 0 Å². The first-order valence-electron chi connectivity index (χ1n) is 12.5. The lowest BCUT2D eigenvalue weighted by Crippen LogP contribution is -2.55. The third kappa shape index (κ3) is 3.53. The average Bonchev–Trinajstić information content (AvgIpc) is 3.29. The Morgan fingerprint density at radius 1 is 1.26 bits per heavy atom. The van der Waals surface area contributed by atoms with Gasteiger partial charge in [-0.2, -0.15) is 8.78 Å². The zero-order chi connectivity index (χ0) is 27.0. The molecule has 3 aliphatic heterocycles. The van der Waals surface area contributed by atoms with E-state index in [9.17, 15) is 22.4 Å². The number of amides is 1. The van der Waals surface area contributed by atoms with Crippen LogP contribution in [0.2, 0.25) is 0 Å². The Bertz CT molecular complexity index is 1520. The molecule has 10 heteroatoms. The highest BCUT2D eigenvalue weighted by Crippen LogP contribution is 2.49. The maximum atomic E-state index is 13.5. The summed E-state index contributed by atoms with van der Waals surface area (Å²) in [6, 6.07) is 7.61. The van der Waals surface area contributed by atoms with Crippen molar-refractivity contribution in [3.8, 4) is 17.6 Å². The number of benzene rings is 2. The zero-order valence-corrected chi connectivity index (χ0v) is 18.1. The van der Waals surface area contributed by atoms with E-state index in [1.165, 1.54) is 23.1 Å². The number of hydrogen-bond acceptors (Lipinski definition) is 4. The first kappa shape index (κ1) is 18.7. The van der Waals surface area contributed by atoms with E-state index in [2.05, 4.69) is 16.8 Å². The lowest BCUT2D eigenvalue weighted by atomic mass is 9.97. The fourth-order valence-electron chi connectivity index (χ4n) is 5.16. The summed E-state index contributed by atoms with van der Waals surface area (Å²) in [6.45, 7) is -6.45. The summed E-state index contributed by atoms with van der Waals surface area (Å²) in [5, 5.41) is 0. The van der Waals surface area contributed by atoms with Crippen molar-refractivity contribution in [1.29, 1.82) is 0 Å². The van der Waals surface area contributed by atoms with Crippen LogP contribution in [-0.4, -0.2) is 64.4 Å². The molecule has 0 unspecified atom stereocenters. The molecule has 0 aliphatic carbocycles. The largest absolute Gasteiger partial charge is 0.434 e. The number of rotatable bonds is 3. The molecule has 0 radical (unpaired) electrons. The van der Waals surface area contributed by atoms with Gasteiger partial charge in [-0.15, -0.1) is 0 Å². The molecule has 3 aromatic rings. The Hall–Kier alpha value is -3.58. The minimum absolute atomic E-state index is 0.0263. The van der Waals surface area contributed by atoms with Gasteiger partial charge in [0, 0.05) is 34.2 Å². The minimum Gasteiger partial charge on any atom is -0.434 e. The Labute approximate surface area is 202 Å². The van der Waals surface area contributed by atoms with Crippen LogP contribution >= 0.6 is 0 Å². The monoisotopic (exact) mass is 487 g/mol. The molecule has 0 spiro atoms. The summed E-state index contributed by atoms with van der Waals surface area (Å²) < 4.78 is 83.4. The molecular formula is C25H20F4N4O2. The Morgan fingerprint density at radius 2 is 2.09 bits per heavy atom. The van der Waals surface area contributed by atoms with E-state index < -0.39 is 37.5 Å². The van der Waals surface area contributed by atoms with Crippen LogP contribution in [-0.2, 0) is 0 Å². The van der Waals surface area contributed by atoms with E-state index in [0.29, 0.717) is 22.4 Å². The highest BCUT2D eigenvalue weighted by molar-refractivity contribution is 5.97. The van der Waals surface area contributed by atoms with Crippen LogP contribution in [0.4, 0.5) is 17.6 Å². The van der Waals surface area contributed by atoms with E-state index in [4.69, 9.17) is 8.85 Å². The molecule has 4 heterocycles. The van der Waals surface area contributed by atoms with E-state index in [1.807, 2.05) is 0 Å². The van der Waals surface area contributed by atoms with Gasteiger partial charge in [-0.3, -0.25) is 9.69 Å². The number of carbonyl (C=O) groups is 1. The zero-order valence-electron chi connectivity index (χ0n) is 21.1. The van der Waals surface area contributed by atoms with E-state index in [-0.39, 0.29) is 42.9 Å². The van der Waals surface area contributed by atoms with Gasteiger partial charge in [0.2, 0.25) is 0 Å². The van der Waals surface area contributed by atoms with E-state index in [0.717, 1.165) is 4.90 Å². The summed E-state index contributed by atoms with van der Waals surface area (Å²) in [6.07, 6.45) is 0.109. The number of imidazole rings is 1. The van der Waals surface area contributed by atoms with Gasteiger partial charge in [0.15, 0.2) is 0 Å². The van der Waals surface area contributed by atoms with Crippen LogP contribution in [0.3, 0.4) is 0 Å². The van der Waals surface area contributed by atoms with E-state index in [1.54, 1.807) is 22.8 Å². The van der Waals surface area contributed by atoms with Crippen molar-refractivity contribution in [3.05, 3.63) is 58.9 Å². The fourth-order valence-corrected chi connectivity index (χ4v) is 5.16. The van der Waals surface area contributed by atoms with Crippen LogP contribution in [0.15, 0.2) is 36.4 Å². The molecule has 3 aliphatic rings. The number of carbonyl (C=O) groups excluding carboxylic acids is 1. The average molecular weight is 487 g/mol. The Morgan fingerprint density at radius 3 is 2.83 bits per heavy atom. The molecule has 6 rings (SSSR count). The normalized spacial score (nSPS) is 24.0. The second-order valence-electron chi connectivity index (χ2n) is 8.88. The van der Waals surface area contributed by atoms with Gasteiger partial charge >= 0.3 is 6.61 Å². The second-order valence-corrected chi connectivity index (χ2v) is 8.88. The van der Waals surface area contributed by atoms with Gasteiger partial charge in [0.1, 0.15) is 11.6 Å². The van der Waals surface area contributed by atoms with Crippen LogP contribution in [0.25, 0.3) is 11.0 Å². The van der Waals surface area contributed by atoms with Crippen molar-refractivity contribution in [1.82, 2.24) is 19.4 Å². The quantitative estimate of drug-likeness (QED) is 0.413. The smallest absolute Gasteiger partial charge is 0.387 e. The van der Waals surface area contributed by atoms with Gasteiger partial charge in [-0.05, 0) is 30.3 Å². The maximum absolute atomic E-state index is 13.5. The second kappa shape index (κ2) is 7.71. The molecule has 2 aromatic carbocycles. The lowest BCUT2D eigenvalue weighted by molar-refractivity contribution is -0.125. The fraction of sp³-hybridized carbons (Fsp3) is 0.360. The molecule has 1 aromatic heterocycles. The SMILES string of the molecule is [2H]C([2H])([2H])N1C(=O)c2cccc(OC(F)F)c2[C@H]2C[C@@H]1c1nc3ccc(C#CCN4CC(F)(F)C4)cc3n12. The minimum atomic E-state index is -3.15. The van der Waals surface area contributed by atoms with Crippen molar-refractivity contribution in [2.75, 3.05) is 26.6 Å². The molecule has 0 saturated carbocycles. The predicted molar refractivity (Wildman–Crippen MR) is 119 cm³/mol. The van der Waals surface area contributed by atoms with Crippen molar-refractivity contribution in [2.24, 2.45) is 0 Å². The molecule has 0 N–H and O–H groups in total. The molecule has 1 amide bonds. The number of halogens is 4. The van der Waals surface area contributed by atoms with Crippen LogP contribution in [0.5, 0.6) is 5.75 Å². The van der Waals surface area contributed by atoms with Crippen molar-refractivity contribution in [2.45, 2.75) is 31.0 Å². The number of alkyl halides is 4. The molecule has 1 saturated heterocycles. The first-order chi connectivity index (χ1) is 17.9. The van der Waals surface area contributed by atoms with Gasteiger partial charge in [0.25, 0.3) is 11.8 Å². The maximum Gasteiger partial charge on any atom is 0.387 e. The van der Waals surface area contributed by atoms with Crippen molar-refractivity contribution < 1.29 is 31.2 Å². The van der Waals surface area contributed by atoms with E-state index >= 15 is 0 Å². The highest BCUT2D eigenvalue weighted by atomic mass is 19.3. The molecular weight excluding hydrogens is 464 g/mol. The number of likely N-dealkylation sites (tertiary alicyclic amines) is 1. The van der Waals surface area contributed by atoms with Crippen molar-refractivity contribution >= 4 is 16.9 Å². The number of fused-ring (bicyclic) bond motifs is 9. The van der Waals surface area contributed by atoms with Gasteiger partial charge in [0.05, 0.1) is 42.8 Å². The van der Waals surface area contributed by atoms with Crippen LogP contribution in [0.1, 0.15) is 49.9 Å². The number of hydrogen-bond donors (Lipinski definition) is 0. The first-order valence-corrected chi connectivity index (χ1v) is 11.0. The molecule has 2 atom stereocenters. The highest BCUT2D eigenvalue weighted by Gasteiger charge is 2.45. The molecule has 1 fully saturated rings. The third-order valence-electron chi connectivity index (χ3n) is 6.59. The number of nitrogens with zero attached hydrogens (tertiary/aromatic N) is 4. The standard InChI is InChI=1S/C25H20F4N4O2/c1-31-19-11-18(21-15(23(31)34)5-2-6-20(21)35-24(26)27)33-17-10-14(7-8-16(17)30-22(19)33)4-3-9-32-12-25(28,29)13-32/h2,5-8,10,18-19,24H,9,11-13H2,1H3/t18-,19-/m1/s1/i1D3. The third-order valence-corrected chi connectivity index (χ3v) is 6.59. The Balaban J connectivity index is 1.47. The molecule has 6 nitrogen and oxygen atoms in total. The van der Waals surface area contributed by atoms with Crippen LogP contribution < -0.4 is 4.74 Å².